The Hall–Kier alpha value is -0.640. The largest absolute Gasteiger partial charge is 0.597 e. The second-order valence-electron chi connectivity index (χ2n) is 6.29. The fraction of sp³-hybridized carbons (Fsp3) is 0.833. The van der Waals surface area contributed by atoms with Crippen molar-refractivity contribution in [2.45, 2.75) is 50.1 Å². The van der Waals surface area contributed by atoms with E-state index in [-0.39, 0.29) is 25.1 Å². The summed E-state index contributed by atoms with van der Waals surface area (Å²) < 4.78 is 51.8. The van der Waals surface area contributed by atoms with Crippen LogP contribution in [-0.2, 0) is 11.4 Å². The smallest absolute Gasteiger partial charge is 0.413 e. The Morgan fingerprint density at radius 3 is 2.14 bits per heavy atom. The van der Waals surface area contributed by atoms with Gasteiger partial charge in [-0.25, -0.2) is 5.84 Å². The Morgan fingerprint density at radius 2 is 1.81 bits per heavy atom. The van der Waals surface area contributed by atoms with Gasteiger partial charge in [-0.1, -0.05) is 0 Å². The minimum atomic E-state index is -4.39. The van der Waals surface area contributed by atoms with E-state index in [1.165, 1.54) is 4.31 Å². The Bertz CT molecular complexity index is 404. The quantitative estimate of drug-likeness (QED) is 0.453. The van der Waals surface area contributed by atoms with Gasteiger partial charge in [0, 0.05) is 30.3 Å². The van der Waals surface area contributed by atoms with Crippen LogP contribution in [0.3, 0.4) is 0 Å². The van der Waals surface area contributed by atoms with Gasteiger partial charge in [0.05, 0.1) is 6.54 Å². The maximum Gasteiger partial charge on any atom is 0.413 e. The Labute approximate surface area is 126 Å². The maximum absolute atomic E-state index is 12.9. The molecule has 0 aromatic heterocycles. The van der Waals surface area contributed by atoms with Crippen LogP contribution in [-0.4, -0.2) is 43.9 Å². The molecular weight excluding hydrogens is 305 g/mol. The SMILES string of the molecule is CN(C/C(N)=C/N(N)C1(C(F)(F)F)CC1)[S+]([O-])C(C)(C)C. The number of nitrogens with zero attached hydrogens (tertiary/aromatic N) is 2. The van der Waals surface area contributed by atoms with E-state index in [4.69, 9.17) is 11.6 Å². The van der Waals surface area contributed by atoms with Crippen LogP contribution in [0.2, 0.25) is 0 Å². The molecular formula is C12H23F3N4OS. The summed E-state index contributed by atoms with van der Waals surface area (Å²) in [4.78, 5) is 0. The minimum Gasteiger partial charge on any atom is -0.597 e. The number of nitrogens with two attached hydrogens (primary N) is 2. The lowest BCUT2D eigenvalue weighted by Crippen LogP contribution is -2.50. The Kier molecular flexibility index (Phi) is 5.14. The van der Waals surface area contributed by atoms with Gasteiger partial charge in [-0.05, 0) is 33.6 Å². The number of alkyl halides is 3. The summed E-state index contributed by atoms with van der Waals surface area (Å²) in [7, 11) is 1.60. The van der Waals surface area contributed by atoms with Gasteiger partial charge < -0.3 is 15.3 Å². The number of hydrogen-bond acceptors (Lipinski definition) is 5. The van der Waals surface area contributed by atoms with Gasteiger partial charge in [0.2, 0.25) is 0 Å². The summed E-state index contributed by atoms with van der Waals surface area (Å²) in [6, 6.07) is 0. The van der Waals surface area contributed by atoms with Crippen molar-refractivity contribution in [2.24, 2.45) is 11.6 Å². The lowest BCUT2D eigenvalue weighted by molar-refractivity contribution is -0.189. The maximum atomic E-state index is 12.9. The molecule has 1 aliphatic rings. The molecule has 4 N–H and O–H groups in total. The van der Waals surface area contributed by atoms with Crippen molar-refractivity contribution in [1.29, 1.82) is 0 Å². The Morgan fingerprint density at radius 1 is 1.33 bits per heavy atom. The second kappa shape index (κ2) is 5.86. The molecule has 1 saturated carbocycles. The van der Waals surface area contributed by atoms with Crippen LogP contribution in [0.25, 0.3) is 0 Å². The first-order valence-corrected chi connectivity index (χ1v) is 7.62. The van der Waals surface area contributed by atoms with Crippen LogP contribution in [0, 0.1) is 0 Å². The van der Waals surface area contributed by atoms with Crippen molar-refractivity contribution in [1.82, 2.24) is 9.31 Å². The molecule has 0 aromatic rings. The van der Waals surface area contributed by atoms with Crippen molar-refractivity contribution in [3.63, 3.8) is 0 Å². The lowest BCUT2D eigenvalue weighted by Gasteiger charge is -2.31. The summed E-state index contributed by atoms with van der Waals surface area (Å²) >= 11 is -1.31. The van der Waals surface area contributed by atoms with E-state index in [0.717, 1.165) is 6.20 Å². The van der Waals surface area contributed by atoms with Gasteiger partial charge in [-0.2, -0.15) is 13.2 Å². The second-order valence-corrected chi connectivity index (χ2v) is 8.63. The third kappa shape index (κ3) is 4.18. The average molecular weight is 328 g/mol. The monoisotopic (exact) mass is 328 g/mol. The fourth-order valence-electron chi connectivity index (χ4n) is 1.93. The normalized spacial score (nSPS) is 20.6. The minimum absolute atomic E-state index is 0.0411. The molecule has 0 amide bonds. The van der Waals surface area contributed by atoms with Gasteiger partial charge in [0.15, 0.2) is 5.54 Å². The summed E-state index contributed by atoms with van der Waals surface area (Å²) in [6.07, 6.45) is -3.39. The molecule has 1 aliphatic carbocycles. The summed E-state index contributed by atoms with van der Waals surface area (Å²) in [5, 5.41) is 0.635. The fourth-order valence-corrected chi connectivity index (χ4v) is 3.13. The van der Waals surface area contributed by atoms with Crippen molar-refractivity contribution in [2.75, 3.05) is 13.6 Å². The van der Waals surface area contributed by atoms with Crippen molar-refractivity contribution < 1.29 is 17.7 Å². The van der Waals surface area contributed by atoms with Crippen molar-refractivity contribution in [3.8, 4) is 0 Å². The first-order valence-electron chi connectivity index (χ1n) is 6.51. The average Bonchev–Trinajstić information content (AvgIpc) is 3.06. The first-order chi connectivity index (χ1) is 9.31. The summed E-state index contributed by atoms with van der Waals surface area (Å²) in [5.74, 6) is 5.50. The van der Waals surface area contributed by atoms with Crippen LogP contribution in [0.1, 0.15) is 33.6 Å². The van der Waals surface area contributed by atoms with E-state index in [0.29, 0.717) is 5.01 Å². The molecule has 0 bridgehead atoms. The molecule has 0 aromatic carbocycles. The highest BCUT2D eigenvalue weighted by molar-refractivity contribution is 7.90. The molecule has 1 atom stereocenters. The molecule has 0 saturated heterocycles. The van der Waals surface area contributed by atoms with Gasteiger partial charge in [0.1, 0.15) is 4.75 Å². The molecule has 0 heterocycles. The van der Waals surface area contributed by atoms with Gasteiger partial charge in [-0.3, -0.25) is 0 Å². The molecule has 1 rings (SSSR count). The van der Waals surface area contributed by atoms with Crippen molar-refractivity contribution >= 4 is 11.4 Å². The molecule has 1 unspecified atom stereocenters. The molecule has 1 fully saturated rings. The highest BCUT2D eigenvalue weighted by atomic mass is 32.2. The molecule has 5 nitrogen and oxygen atoms in total. The van der Waals surface area contributed by atoms with E-state index in [2.05, 4.69) is 0 Å². The van der Waals surface area contributed by atoms with Crippen molar-refractivity contribution in [3.05, 3.63) is 11.9 Å². The van der Waals surface area contributed by atoms with Crippen LogP contribution in [0.15, 0.2) is 11.9 Å². The third-order valence-electron chi connectivity index (χ3n) is 3.26. The summed E-state index contributed by atoms with van der Waals surface area (Å²) in [6.45, 7) is 5.48. The zero-order valence-corrected chi connectivity index (χ0v) is 13.5. The van der Waals surface area contributed by atoms with Crippen LogP contribution in [0.4, 0.5) is 13.2 Å². The van der Waals surface area contributed by atoms with E-state index in [1.54, 1.807) is 27.8 Å². The van der Waals surface area contributed by atoms with Gasteiger partial charge >= 0.3 is 6.18 Å². The van der Waals surface area contributed by atoms with E-state index in [9.17, 15) is 17.7 Å². The van der Waals surface area contributed by atoms with Crippen LogP contribution < -0.4 is 11.6 Å². The number of hydrazine groups is 1. The van der Waals surface area contributed by atoms with Gasteiger partial charge in [-0.15, -0.1) is 4.31 Å². The van der Waals surface area contributed by atoms with Crippen LogP contribution >= 0.6 is 0 Å². The van der Waals surface area contributed by atoms with Crippen LogP contribution in [0.5, 0.6) is 0 Å². The number of hydrogen-bond donors (Lipinski definition) is 2. The topological polar surface area (TPSA) is 81.6 Å². The highest BCUT2D eigenvalue weighted by Crippen LogP contribution is 2.52. The summed E-state index contributed by atoms with van der Waals surface area (Å²) in [5.41, 5.74) is 3.85. The van der Waals surface area contributed by atoms with Gasteiger partial charge in [0.25, 0.3) is 0 Å². The third-order valence-corrected chi connectivity index (χ3v) is 5.01. The predicted molar refractivity (Wildman–Crippen MR) is 76.8 cm³/mol. The highest BCUT2D eigenvalue weighted by Gasteiger charge is 2.66. The first kappa shape index (κ1) is 18.4. The van der Waals surface area contributed by atoms with E-state index in [1.807, 2.05) is 0 Å². The zero-order valence-electron chi connectivity index (χ0n) is 12.7. The molecule has 124 valence electrons. The zero-order chi connectivity index (χ0) is 16.6. The number of rotatable bonds is 5. The number of halogens is 3. The predicted octanol–water partition coefficient (Wildman–Crippen LogP) is 1.45. The van der Waals surface area contributed by atoms with E-state index < -0.39 is 27.8 Å². The molecule has 0 radical (unpaired) electrons. The molecule has 0 spiro atoms. The van der Waals surface area contributed by atoms with E-state index >= 15 is 0 Å². The lowest BCUT2D eigenvalue weighted by atomic mass is 10.2. The molecule has 21 heavy (non-hydrogen) atoms. The standard InChI is InChI=1S/C12H23F3N4OS/c1-10(2,3)21(20)18(4)7-9(16)8-19(17)11(5-6-11)12(13,14)15/h8H,5-7,16-17H2,1-4H3/b9-8-. The number of likely N-dealkylation sites (N-methyl/N-ethyl adjacent to an activating group) is 1. The Balaban J connectivity index is 2.70. The molecule has 9 heteroatoms. The molecule has 0 aliphatic heterocycles.